The smallest absolute Gasteiger partial charge is 0.267 e. The van der Waals surface area contributed by atoms with E-state index in [1.54, 1.807) is 5.51 Å². The number of aromatic nitrogens is 1. The Morgan fingerprint density at radius 1 is 1.19 bits per heavy atom. The Hall–Kier alpha value is -1.88. The van der Waals surface area contributed by atoms with Crippen LogP contribution >= 0.6 is 11.3 Å². The van der Waals surface area contributed by atoms with Crippen molar-refractivity contribution in [2.45, 2.75) is 26.2 Å². The van der Waals surface area contributed by atoms with Crippen molar-refractivity contribution in [1.29, 1.82) is 0 Å². The lowest BCUT2D eigenvalue weighted by Gasteiger charge is -2.28. The highest BCUT2D eigenvalue weighted by Crippen LogP contribution is 2.22. The van der Waals surface area contributed by atoms with Gasteiger partial charge in [0, 0.05) is 24.5 Å². The number of carbonyl (C=O) groups excluding carboxylic acids is 1. The topological polar surface area (TPSA) is 45.2 Å². The van der Waals surface area contributed by atoms with Crippen molar-refractivity contribution >= 4 is 28.6 Å². The van der Waals surface area contributed by atoms with E-state index in [-0.39, 0.29) is 5.91 Å². The quantitative estimate of drug-likeness (QED) is 0.940. The average molecular weight is 301 g/mol. The van der Waals surface area contributed by atoms with Crippen LogP contribution in [0.2, 0.25) is 0 Å². The molecule has 3 rings (SSSR count). The Bertz CT molecular complexity index is 615. The number of anilines is 2. The zero-order valence-corrected chi connectivity index (χ0v) is 12.9. The predicted octanol–water partition coefficient (Wildman–Crippen LogP) is 3.69. The van der Waals surface area contributed by atoms with E-state index < -0.39 is 0 Å². The van der Waals surface area contributed by atoms with E-state index in [0.717, 1.165) is 24.5 Å². The summed E-state index contributed by atoms with van der Waals surface area (Å²) < 4.78 is 0. The van der Waals surface area contributed by atoms with Crippen LogP contribution in [-0.4, -0.2) is 24.0 Å². The van der Waals surface area contributed by atoms with Gasteiger partial charge in [0.2, 0.25) is 0 Å². The van der Waals surface area contributed by atoms with E-state index in [4.69, 9.17) is 0 Å². The number of amides is 1. The molecule has 1 fully saturated rings. The van der Waals surface area contributed by atoms with Crippen LogP contribution in [0.1, 0.15) is 34.6 Å². The molecule has 2 aromatic rings. The predicted molar refractivity (Wildman–Crippen MR) is 87.3 cm³/mol. The second-order valence-electron chi connectivity index (χ2n) is 5.32. The Balaban J connectivity index is 1.67. The molecule has 1 aromatic carbocycles. The third-order valence-corrected chi connectivity index (χ3v) is 4.73. The fourth-order valence-electron chi connectivity index (χ4n) is 2.62. The molecule has 1 aliphatic rings. The number of carbonyl (C=O) groups is 1. The Morgan fingerprint density at radius 2 is 1.90 bits per heavy atom. The molecule has 0 atom stereocenters. The molecule has 1 saturated heterocycles. The first kappa shape index (κ1) is 14.1. The van der Waals surface area contributed by atoms with Crippen LogP contribution in [0.25, 0.3) is 0 Å². The summed E-state index contributed by atoms with van der Waals surface area (Å²) in [6, 6.07) is 8.11. The number of rotatable bonds is 3. The lowest BCUT2D eigenvalue weighted by molar-refractivity contribution is 0.103. The van der Waals surface area contributed by atoms with Crippen LogP contribution < -0.4 is 10.2 Å². The molecule has 0 bridgehead atoms. The summed E-state index contributed by atoms with van der Waals surface area (Å²) in [4.78, 5) is 19.3. The minimum atomic E-state index is -0.0827. The molecule has 1 aliphatic heterocycles. The van der Waals surface area contributed by atoms with Gasteiger partial charge in [-0.2, -0.15) is 0 Å². The molecular weight excluding hydrogens is 282 g/mol. The maximum atomic E-state index is 12.1. The third-order valence-electron chi connectivity index (χ3n) is 3.80. The Kier molecular flexibility index (Phi) is 4.20. The number of piperidine rings is 1. The Labute approximate surface area is 128 Å². The lowest BCUT2D eigenvalue weighted by atomic mass is 10.1. The number of aryl methyl sites for hydroxylation is 1. The first-order valence-corrected chi connectivity index (χ1v) is 8.18. The fourth-order valence-corrected chi connectivity index (χ4v) is 3.31. The van der Waals surface area contributed by atoms with E-state index >= 15 is 0 Å². The van der Waals surface area contributed by atoms with Crippen molar-refractivity contribution in [1.82, 2.24) is 4.98 Å². The summed E-state index contributed by atoms with van der Waals surface area (Å²) in [5.74, 6) is -0.0827. The van der Waals surface area contributed by atoms with E-state index in [9.17, 15) is 4.79 Å². The zero-order chi connectivity index (χ0) is 14.7. The number of nitrogens with zero attached hydrogens (tertiary/aromatic N) is 2. The molecule has 0 radical (unpaired) electrons. The molecule has 0 saturated carbocycles. The highest BCUT2D eigenvalue weighted by molar-refractivity contribution is 7.12. The van der Waals surface area contributed by atoms with Gasteiger partial charge in [0.05, 0.1) is 11.2 Å². The minimum Gasteiger partial charge on any atom is -0.372 e. The summed E-state index contributed by atoms with van der Waals surface area (Å²) in [5.41, 5.74) is 4.54. The van der Waals surface area contributed by atoms with Crippen molar-refractivity contribution in [3.8, 4) is 0 Å². The highest BCUT2D eigenvalue weighted by atomic mass is 32.1. The van der Waals surface area contributed by atoms with Crippen LogP contribution in [0.5, 0.6) is 0 Å². The number of hydrogen-bond donors (Lipinski definition) is 1. The number of thiazole rings is 1. The number of benzene rings is 1. The summed E-state index contributed by atoms with van der Waals surface area (Å²) in [5, 5.41) is 2.93. The van der Waals surface area contributed by atoms with Gasteiger partial charge >= 0.3 is 0 Å². The monoisotopic (exact) mass is 301 g/mol. The molecule has 4 nitrogen and oxygen atoms in total. The number of hydrogen-bond acceptors (Lipinski definition) is 4. The van der Waals surface area contributed by atoms with Gasteiger partial charge in [0.25, 0.3) is 5.91 Å². The zero-order valence-electron chi connectivity index (χ0n) is 12.1. The SMILES string of the molecule is Cc1ncsc1C(=O)Nc1ccc(N2CCCCC2)cc1. The number of nitrogens with one attached hydrogen (secondary N) is 1. The van der Waals surface area contributed by atoms with Gasteiger partial charge < -0.3 is 10.2 Å². The third kappa shape index (κ3) is 3.24. The first-order chi connectivity index (χ1) is 10.2. The second kappa shape index (κ2) is 6.26. The van der Waals surface area contributed by atoms with Crippen molar-refractivity contribution in [3.05, 3.63) is 40.3 Å². The van der Waals surface area contributed by atoms with Crippen LogP contribution in [0.4, 0.5) is 11.4 Å². The van der Waals surface area contributed by atoms with Crippen LogP contribution in [0.3, 0.4) is 0 Å². The molecule has 1 N–H and O–H groups in total. The van der Waals surface area contributed by atoms with Gasteiger partial charge in [-0.3, -0.25) is 4.79 Å². The van der Waals surface area contributed by atoms with E-state index in [1.165, 1.54) is 36.3 Å². The van der Waals surface area contributed by atoms with E-state index in [1.807, 2.05) is 19.1 Å². The fraction of sp³-hybridized carbons (Fsp3) is 0.375. The maximum Gasteiger partial charge on any atom is 0.267 e. The van der Waals surface area contributed by atoms with Crippen molar-refractivity contribution in [2.24, 2.45) is 0 Å². The van der Waals surface area contributed by atoms with Gasteiger partial charge in [-0.05, 0) is 50.5 Å². The summed E-state index contributed by atoms with van der Waals surface area (Å²) in [6.45, 7) is 4.11. The van der Waals surface area contributed by atoms with E-state index in [2.05, 4.69) is 27.3 Å². The van der Waals surface area contributed by atoms with Crippen LogP contribution in [0, 0.1) is 6.92 Å². The highest BCUT2D eigenvalue weighted by Gasteiger charge is 2.13. The summed E-state index contributed by atoms with van der Waals surface area (Å²) >= 11 is 1.37. The standard InChI is InChI=1S/C16H19N3OS/c1-12-15(21-11-17-12)16(20)18-13-5-7-14(8-6-13)19-9-3-2-4-10-19/h5-8,11H,2-4,9-10H2,1H3,(H,18,20). The molecule has 110 valence electrons. The molecular formula is C16H19N3OS. The largest absolute Gasteiger partial charge is 0.372 e. The van der Waals surface area contributed by atoms with E-state index in [0.29, 0.717) is 4.88 Å². The molecule has 1 amide bonds. The molecule has 0 unspecified atom stereocenters. The summed E-state index contributed by atoms with van der Waals surface area (Å²) in [6.07, 6.45) is 3.87. The van der Waals surface area contributed by atoms with Gasteiger partial charge in [-0.15, -0.1) is 11.3 Å². The van der Waals surface area contributed by atoms with Gasteiger partial charge in [-0.25, -0.2) is 4.98 Å². The second-order valence-corrected chi connectivity index (χ2v) is 6.17. The van der Waals surface area contributed by atoms with Crippen molar-refractivity contribution in [3.63, 3.8) is 0 Å². The van der Waals surface area contributed by atoms with Crippen LogP contribution in [-0.2, 0) is 0 Å². The molecule has 1 aromatic heterocycles. The molecule has 0 spiro atoms. The van der Waals surface area contributed by atoms with Gasteiger partial charge in [0.15, 0.2) is 0 Å². The molecule has 21 heavy (non-hydrogen) atoms. The Morgan fingerprint density at radius 3 is 2.52 bits per heavy atom. The average Bonchev–Trinajstić information content (AvgIpc) is 2.95. The van der Waals surface area contributed by atoms with Gasteiger partial charge in [0.1, 0.15) is 4.88 Å². The first-order valence-electron chi connectivity index (χ1n) is 7.30. The lowest BCUT2D eigenvalue weighted by Crippen LogP contribution is -2.29. The minimum absolute atomic E-state index is 0.0827. The van der Waals surface area contributed by atoms with Gasteiger partial charge in [-0.1, -0.05) is 0 Å². The van der Waals surface area contributed by atoms with Crippen molar-refractivity contribution < 1.29 is 4.79 Å². The molecule has 0 aliphatic carbocycles. The van der Waals surface area contributed by atoms with Crippen LogP contribution in [0.15, 0.2) is 29.8 Å². The normalized spacial score (nSPS) is 15.0. The summed E-state index contributed by atoms with van der Waals surface area (Å²) in [7, 11) is 0. The molecule has 2 heterocycles. The molecule has 5 heteroatoms. The maximum absolute atomic E-state index is 12.1. The van der Waals surface area contributed by atoms with Crippen molar-refractivity contribution in [2.75, 3.05) is 23.3 Å².